The number of alkyl halides is 3. The number of carbonyl (C=O) groups is 1. The van der Waals surface area contributed by atoms with E-state index in [2.05, 4.69) is 25.0 Å². The molecule has 1 aliphatic carbocycles. The van der Waals surface area contributed by atoms with Gasteiger partial charge in [-0.1, -0.05) is 5.16 Å². The van der Waals surface area contributed by atoms with Gasteiger partial charge >= 0.3 is 12.1 Å². The van der Waals surface area contributed by atoms with Crippen molar-refractivity contribution in [3.8, 4) is 11.4 Å². The fourth-order valence-electron chi connectivity index (χ4n) is 2.34. The Morgan fingerprint density at radius 2 is 2.08 bits per heavy atom. The van der Waals surface area contributed by atoms with E-state index in [1.165, 1.54) is 22.9 Å². The van der Waals surface area contributed by atoms with Crippen molar-refractivity contribution in [3.05, 3.63) is 36.1 Å². The SMILES string of the molecule is O=C(NCC1CC1)c1cn2cc(-c3noc(C(F)(F)F)n3)ccc2n1. The molecule has 0 radical (unpaired) electrons. The number of hydrogen-bond acceptors (Lipinski definition) is 5. The summed E-state index contributed by atoms with van der Waals surface area (Å²) in [5.74, 6) is -1.33. The summed E-state index contributed by atoms with van der Waals surface area (Å²) in [6.07, 6.45) is 0.548. The largest absolute Gasteiger partial charge is 0.471 e. The summed E-state index contributed by atoms with van der Waals surface area (Å²) in [6.45, 7) is 0.626. The van der Waals surface area contributed by atoms with Crippen LogP contribution in [0.1, 0.15) is 29.2 Å². The molecule has 10 heteroatoms. The lowest BCUT2D eigenvalue weighted by Crippen LogP contribution is -2.25. The molecule has 3 heterocycles. The van der Waals surface area contributed by atoms with Crippen LogP contribution in [-0.2, 0) is 6.18 Å². The van der Waals surface area contributed by atoms with Crippen molar-refractivity contribution in [1.29, 1.82) is 0 Å². The molecule has 4 rings (SSSR count). The molecule has 1 N–H and O–H groups in total. The minimum absolute atomic E-state index is 0.192. The van der Waals surface area contributed by atoms with E-state index >= 15 is 0 Å². The second-order valence-corrected chi connectivity index (χ2v) is 5.88. The van der Waals surface area contributed by atoms with Crippen molar-refractivity contribution in [2.75, 3.05) is 6.54 Å². The van der Waals surface area contributed by atoms with Gasteiger partial charge in [0.1, 0.15) is 11.3 Å². The van der Waals surface area contributed by atoms with E-state index in [4.69, 9.17) is 0 Å². The Hall–Kier alpha value is -2.91. The van der Waals surface area contributed by atoms with Gasteiger partial charge in [0, 0.05) is 24.5 Å². The second-order valence-electron chi connectivity index (χ2n) is 5.88. The summed E-state index contributed by atoms with van der Waals surface area (Å²) in [6, 6.07) is 3.08. The fourth-order valence-corrected chi connectivity index (χ4v) is 2.34. The monoisotopic (exact) mass is 351 g/mol. The summed E-state index contributed by atoms with van der Waals surface area (Å²) in [5, 5.41) is 6.15. The molecule has 1 aliphatic rings. The minimum Gasteiger partial charge on any atom is -0.350 e. The lowest BCUT2D eigenvalue weighted by molar-refractivity contribution is -0.159. The first-order valence-corrected chi connectivity index (χ1v) is 7.58. The molecular weight excluding hydrogens is 339 g/mol. The molecule has 1 amide bonds. The molecule has 7 nitrogen and oxygen atoms in total. The highest BCUT2D eigenvalue weighted by Crippen LogP contribution is 2.29. The van der Waals surface area contributed by atoms with Crippen LogP contribution in [0.2, 0.25) is 0 Å². The number of halogens is 3. The Kier molecular flexibility index (Phi) is 3.48. The van der Waals surface area contributed by atoms with E-state index < -0.39 is 12.1 Å². The molecule has 130 valence electrons. The number of hydrogen-bond donors (Lipinski definition) is 1. The summed E-state index contributed by atoms with van der Waals surface area (Å²) < 4.78 is 43.4. The highest BCUT2D eigenvalue weighted by Gasteiger charge is 2.38. The zero-order valence-corrected chi connectivity index (χ0v) is 12.7. The van der Waals surface area contributed by atoms with Gasteiger partial charge in [-0.15, -0.1) is 0 Å². The van der Waals surface area contributed by atoms with Gasteiger partial charge in [-0.2, -0.15) is 18.2 Å². The first-order chi connectivity index (χ1) is 11.9. The standard InChI is InChI=1S/C15H12F3N5O2/c16-15(17,18)14-21-12(22-25-14)9-3-4-11-20-10(7-23(11)6-9)13(24)19-5-8-1-2-8/h3-4,6-8H,1-2,5H2,(H,19,24). The van der Waals surface area contributed by atoms with Crippen LogP contribution < -0.4 is 5.32 Å². The number of fused-ring (bicyclic) bond motifs is 1. The van der Waals surface area contributed by atoms with Crippen molar-refractivity contribution < 1.29 is 22.5 Å². The maximum Gasteiger partial charge on any atom is 0.471 e. The summed E-state index contributed by atoms with van der Waals surface area (Å²) >= 11 is 0. The molecule has 0 spiro atoms. The van der Waals surface area contributed by atoms with E-state index in [0.717, 1.165) is 12.8 Å². The number of amides is 1. The number of nitrogens with one attached hydrogen (secondary N) is 1. The van der Waals surface area contributed by atoms with Gasteiger partial charge in [0.25, 0.3) is 5.91 Å². The average Bonchev–Trinajstić information content (AvgIpc) is 3.09. The normalized spacial score (nSPS) is 14.8. The van der Waals surface area contributed by atoms with E-state index in [0.29, 0.717) is 23.7 Å². The maximum atomic E-state index is 12.5. The highest BCUT2D eigenvalue weighted by atomic mass is 19.4. The Morgan fingerprint density at radius 1 is 1.28 bits per heavy atom. The number of nitrogens with zero attached hydrogens (tertiary/aromatic N) is 4. The van der Waals surface area contributed by atoms with E-state index in [-0.39, 0.29) is 17.4 Å². The first-order valence-electron chi connectivity index (χ1n) is 7.58. The Balaban J connectivity index is 1.59. The van der Waals surface area contributed by atoms with Gasteiger partial charge in [-0.3, -0.25) is 4.79 Å². The molecule has 0 aromatic carbocycles. The van der Waals surface area contributed by atoms with E-state index in [1.54, 1.807) is 6.07 Å². The lowest BCUT2D eigenvalue weighted by Gasteiger charge is -1.99. The molecule has 0 bridgehead atoms. The van der Waals surface area contributed by atoms with Crippen molar-refractivity contribution in [2.45, 2.75) is 19.0 Å². The summed E-state index contributed by atoms with van der Waals surface area (Å²) in [5.41, 5.74) is 1.04. The van der Waals surface area contributed by atoms with Gasteiger partial charge in [0.05, 0.1) is 0 Å². The van der Waals surface area contributed by atoms with Gasteiger partial charge in [0.15, 0.2) is 0 Å². The molecular formula is C15H12F3N5O2. The zero-order valence-electron chi connectivity index (χ0n) is 12.7. The summed E-state index contributed by atoms with van der Waals surface area (Å²) in [7, 11) is 0. The fraction of sp³-hybridized carbons (Fsp3) is 0.333. The Morgan fingerprint density at radius 3 is 2.76 bits per heavy atom. The number of rotatable bonds is 4. The van der Waals surface area contributed by atoms with E-state index in [1.807, 2.05) is 0 Å². The third-order valence-corrected chi connectivity index (χ3v) is 3.86. The molecule has 0 atom stereocenters. The second kappa shape index (κ2) is 5.57. The Bertz CT molecular complexity index is 942. The molecule has 1 fully saturated rings. The van der Waals surface area contributed by atoms with Gasteiger partial charge in [0.2, 0.25) is 5.82 Å². The van der Waals surface area contributed by atoms with Crippen LogP contribution in [-0.4, -0.2) is 32.0 Å². The molecule has 0 unspecified atom stereocenters. The third-order valence-electron chi connectivity index (χ3n) is 3.86. The van der Waals surface area contributed by atoms with Crippen molar-refractivity contribution in [3.63, 3.8) is 0 Å². The van der Waals surface area contributed by atoms with Crippen LogP contribution in [0.4, 0.5) is 13.2 Å². The number of pyridine rings is 1. The summed E-state index contributed by atoms with van der Waals surface area (Å²) in [4.78, 5) is 19.6. The first kappa shape index (κ1) is 15.6. The van der Waals surface area contributed by atoms with Gasteiger partial charge in [-0.05, 0) is 30.9 Å². The minimum atomic E-state index is -4.70. The topological polar surface area (TPSA) is 85.3 Å². The smallest absolute Gasteiger partial charge is 0.350 e. The maximum absolute atomic E-state index is 12.5. The van der Waals surface area contributed by atoms with Crippen LogP contribution in [0.3, 0.4) is 0 Å². The third kappa shape index (κ3) is 3.19. The van der Waals surface area contributed by atoms with Crippen LogP contribution in [0.5, 0.6) is 0 Å². The van der Waals surface area contributed by atoms with Crippen LogP contribution >= 0.6 is 0 Å². The quantitative estimate of drug-likeness (QED) is 0.781. The predicted octanol–water partition coefficient (Wildman–Crippen LogP) is 2.54. The van der Waals surface area contributed by atoms with Crippen molar-refractivity contribution in [2.24, 2.45) is 5.92 Å². The molecule has 1 saturated carbocycles. The van der Waals surface area contributed by atoms with Crippen molar-refractivity contribution >= 4 is 11.6 Å². The molecule has 0 saturated heterocycles. The predicted molar refractivity (Wildman–Crippen MR) is 78.5 cm³/mol. The van der Waals surface area contributed by atoms with Crippen LogP contribution in [0, 0.1) is 5.92 Å². The van der Waals surface area contributed by atoms with Gasteiger partial charge in [-0.25, -0.2) is 4.98 Å². The number of aromatic nitrogens is 4. The number of imidazole rings is 1. The lowest BCUT2D eigenvalue weighted by atomic mass is 10.3. The molecule has 3 aromatic rings. The molecule has 0 aliphatic heterocycles. The number of carbonyl (C=O) groups excluding carboxylic acids is 1. The van der Waals surface area contributed by atoms with Crippen LogP contribution in [0.15, 0.2) is 29.0 Å². The molecule has 25 heavy (non-hydrogen) atoms. The molecule has 3 aromatic heterocycles. The average molecular weight is 351 g/mol. The van der Waals surface area contributed by atoms with Crippen LogP contribution in [0.25, 0.3) is 17.0 Å². The van der Waals surface area contributed by atoms with Gasteiger partial charge < -0.3 is 14.2 Å². The van der Waals surface area contributed by atoms with Crippen molar-refractivity contribution in [1.82, 2.24) is 24.8 Å². The van der Waals surface area contributed by atoms with E-state index in [9.17, 15) is 18.0 Å². The Labute approximate surface area is 138 Å². The zero-order chi connectivity index (χ0) is 17.6. The highest BCUT2D eigenvalue weighted by molar-refractivity contribution is 5.92.